The van der Waals surface area contributed by atoms with E-state index in [1.807, 2.05) is 6.92 Å². The van der Waals surface area contributed by atoms with Crippen LogP contribution < -0.4 is 21.7 Å². The summed E-state index contributed by atoms with van der Waals surface area (Å²) in [6.07, 6.45) is -0.221. The lowest BCUT2D eigenvalue weighted by molar-refractivity contribution is -0.158. The zero-order valence-electron chi connectivity index (χ0n) is 20.1. The van der Waals surface area contributed by atoms with Gasteiger partial charge in [-0.2, -0.15) is 0 Å². The van der Waals surface area contributed by atoms with Gasteiger partial charge in [0.2, 0.25) is 17.7 Å². The van der Waals surface area contributed by atoms with Gasteiger partial charge < -0.3 is 41.7 Å². The monoisotopic (exact) mass is 510 g/mol. The second-order valence-corrected chi connectivity index (χ2v) is 11.2. The number of likely N-dealkylation sites (tertiary alicyclic amines) is 1. The molecule has 3 amide bonds. The maximum absolute atomic E-state index is 13.0. The fourth-order valence-electron chi connectivity index (χ4n) is 5.62. The molecule has 35 heavy (non-hydrogen) atoms. The molecule has 13 heteroatoms. The third-order valence-electron chi connectivity index (χ3n) is 7.38. The zero-order valence-corrected chi connectivity index (χ0v) is 20.9. The van der Waals surface area contributed by atoms with Crippen LogP contribution in [-0.2, 0) is 19.2 Å². The minimum absolute atomic E-state index is 0.00548. The van der Waals surface area contributed by atoms with E-state index in [1.54, 1.807) is 18.9 Å². The van der Waals surface area contributed by atoms with E-state index in [9.17, 15) is 29.4 Å². The summed E-state index contributed by atoms with van der Waals surface area (Å²) in [6.45, 7) is 4.85. The number of hydrogen-bond acceptors (Lipinski definition) is 9. The van der Waals surface area contributed by atoms with E-state index < -0.39 is 36.1 Å². The summed E-state index contributed by atoms with van der Waals surface area (Å²) in [5.74, 6) is -2.50. The van der Waals surface area contributed by atoms with Gasteiger partial charge in [0.25, 0.3) is 0 Å². The quantitative estimate of drug-likeness (QED) is 0.191. The van der Waals surface area contributed by atoms with Gasteiger partial charge in [0, 0.05) is 47.8 Å². The highest BCUT2D eigenvalue weighted by atomic mass is 32.2. The van der Waals surface area contributed by atoms with Crippen molar-refractivity contribution in [3.05, 3.63) is 10.6 Å². The summed E-state index contributed by atoms with van der Waals surface area (Å²) in [5.41, 5.74) is 5.83. The first kappa shape index (κ1) is 25.9. The van der Waals surface area contributed by atoms with Crippen molar-refractivity contribution in [2.45, 2.75) is 55.8 Å². The van der Waals surface area contributed by atoms with Crippen molar-refractivity contribution in [2.24, 2.45) is 17.6 Å². The number of β-lactam (4-membered cyclic amide) rings is 1. The summed E-state index contributed by atoms with van der Waals surface area (Å²) < 4.78 is 0. The molecule has 0 aliphatic carbocycles. The number of aliphatic hydroxyl groups is 1. The summed E-state index contributed by atoms with van der Waals surface area (Å²) in [5, 5.41) is 28.6. The molecule has 0 aromatic heterocycles. The second-order valence-electron chi connectivity index (χ2n) is 9.83. The van der Waals surface area contributed by atoms with Crippen LogP contribution in [0.3, 0.4) is 0 Å². The number of aliphatic hydroxyl groups excluding tert-OH is 1. The Morgan fingerprint density at radius 3 is 2.63 bits per heavy atom. The van der Waals surface area contributed by atoms with Gasteiger partial charge in [0.1, 0.15) is 5.70 Å². The van der Waals surface area contributed by atoms with Crippen LogP contribution in [0.4, 0.5) is 0 Å². The smallest absolute Gasteiger partial charge is 0.353 e. The van der Waals surface area contributed by atoms with Gasteiger partial charge in [-0.25, -0.2) is 4.79 Å². The number of likely N-dealkylation sites (N-methyl/N-ethyl adjacent to an activating group) is 1. The largest absolute Gasteiger partial charge is 0.477 e. The number of nitrogens with two attached hydrogens (primary N) is 1. The van der Waals surface area contributed by atoms with E-state index in [1.165, 1.54) is 16.7 Å². The molecule has 0 spiro atoms. The number of hydrogen-bond donors (Lipinski definition) is 6. The summed E-state index contributed by atoms with van der Waals surface area (Å²) in [4.78, 5) is 53.5. The first-order valence-corrected chi connectivity index (χ1v) is 12.8. The van der Waals surface area contributed by atoms with Crippen molar-refractivity contribution in [3.63, 3.8) is 0 Å². The number of carboxylic acids is 1. The van der Waals surface area contributed by atoms with E-state index in [2.05, 4.69) is 16.0 Å². The molecule has 4 rings (SSSR count). The predicted octanol–water partition coefficient (Wildman–Crippen LogP) is -2.52. The van der Waals surface area contributed by atoms with Crippen LogP contribution in [0.25, 0.3) is 0 Å². The maximum atomic E-state index is 13.0. The molecule has 4 aliphatic heterocycles. The molecule has 0 bridgehead atoms. The molecule has 0 aromatic carbocycles. The molecule has 3 fully saturated rings. The Kier molecular flexibility index (Phi) is 7.44. The number of fused-ring (bicyclic) bond motifs is 1. The number of rotatable bonds is 8. The Balaban J connectivity index is 1.43. The summed E-state index contributed by atoms with van der Waals surface area (Å²) in [6, 6.07) is -1.64. The topological polar surface area (TPSA) is 177 Å². The number of carboxylic acid groups (broad SMARTS) is 1. The first-order chi connectivity index (χ1) is 16.5. The lowest BCUT2D eigenvalue weighted by atomic mass is 9.78. The van der Waals surface area contributed by atoms with Crippen LogP contribution in [0.5, 0.6) is 0 Å². The van der Waals surface area contributed by atoms with Crippen LogP contribution in [0, 0.1) is 11.8 Å². The molecule has 8 atom stereocenters. The molecule has 12 nitrogen and oxygen atoms in total. The molecule has 1 unspecified atom stereocenters. The van der Waals surface area contributed by atoms with Crippen molar-refractivity contribution in [1.82, 2.24) is 25.8 Å². The Morgan fingerprint density at radius 1 is 1.31 bits per heavy atom. The van der Waals surface area contributed by atoms with Crippen LogP contribution in [0.15, 0.2) is 10.6 Å². The first-order valence-electron chi connectivity index (χ1n) is 11.9. The van der Waals surface area contributed by atoms with Crippen LogP contribution in [-0.4, -0.2) is 112 Å². The van der Waals surface area contributed by atoms with Crippen molar-refractivity contribution in [2.75, 3.05) is 33.2 Å². The van der Waals surface area contributed by atoms with Crippen molar-refractivity contribution < 1.29 is 29.4 Å². The SMILES string of the molecule is CNCC(=O)N[C@H](C)[C@H]1C(=O)N2C(C(=O)O)=C(S[C@@H]3CN[C@H](C(=O)N4C[C@@H](O)[C@@H](N)C4)C3)[C@H](C)C12. The van der Waals surface area contributed by atoms with Gasteiger partial charge in [0.15, 0.2) is 0 Å². The Bertz CT molecular complexity index is 935. The second kappa shape index (κ2) is 10.1. The minimum Gasteiger partial charge on any atom is -0.477 e. The average Bonchev–Trinajstić information content (AvgIpc) is 3.45. The average molecular weight is 511 g/mol. The molecule has 4 heterocycles. The van der Waals surface area contributed by atoms with Crippen molar-refractivity contribution >= 4 is 35.5 Å². The number of amides is 3. The van der Waals surface area contributed by atoms with Gasteiger partial charge in [-0.1, -0.05) is 6.92 Å². The Labute approximate surface area is 208 Å². The molecule has 0 radical (unpaired) electrons. The molecule has 0 aromatic rings. The fourth-order valence-corrected chi connectivity index (χ4v) is 7.10. The standard InChI is InChI=1S/C22H34N6O6S/c1-9-17-16(10(2)26-15(30)6-24-3)21(32)28(17)18(22(33)34)19(9)35-11-4-13(25-5-11)20(31)27-7-12(23)14(29)8-27/h9-14,16-17,24-25,29H,4-8,23H2,1-3H3,(H,26,30)(H,33,34)/t9-,10-,11+,12+,13+,14-,16-,17?/m1/s1. The molecule has 194 valence electrons. The number of aliphatic carboxylic acids is 1. The molecule has 3 saturated heterocycles. The van der Waals surface area contributed by atoms with Gasteiger partial charge in [0.05, 0.1) is 30.7 Å². The number of thioether (sulfide) groups is 1. The van der Waals surface area contributed by atoms with E-state index in [4.69, 9.17) is 5.73 Å². The Hall–Kier alpha value is -2.19. The number of nitrogens with zero attached hydrogens (tertiary/aromatic N) is 2. The summed E-state index contributed by atoms with van der Waals surface area (Å²) >= 11 is 1.41. The zero-order chi connectivity index (χ0) is 25.6. The van der Waals surface area contributed by atoms with E-state index >= 15 is 0 Å². The van der Waals surface area contributed by atoms with Crippen LogP contribution >= 0.6 is 11.8 Å². The van der Waals surface area contributed by atoms with Gasteiger partial charge in [-0.15, -0.1) is 11.8 Å². The number of nitrogens with one attached hydrogen (secondary N) is 3. The lowest BCUT2D eigenvalue weighted by Crippen LogP contribution is -2.66. The normalized spacial score (nSPS) is 35.2. The lowest BCUT2D eigenvalue weighted by Gasteiger charge is -2.47. The van der Waals surface area contributed by atoms with E-state index in [0.717, 1.165) is 0 Å². The third kappa shape index (κ3) is 4.67. The Morgan fingerprint density at radius 2 is 2.03 bits per heavy atom. The third-order valence-corrected chi connectivity index (χ3v) is 8.89. The fraction of sp³-hybridized carbons (Fsp3) is 0.727. The van der Waals surface area contributed by atoms with Crippen LogP contribution in [0.1, 0.15) is 20.3 Å². The predicted molar refractivity (Wildman–Crippen MR) is 128 cm³/mol. The van der Waals surface area contributed by atoms with Gasteiger partial charge >= 0.3 is 5.97 Å². The van der Waals surface area contributed by atoms with E-state index in [0.29, 0.717) is 24.4 Å². The van der Waals surface area contributed by atoms with Crippen molar-refractivity contribution in [1.29, 1.82) is 0 Å². The number of carbonyl (C=O) groups is 4. The molecule has 7 N–H and O–H groups in total. The van der Waals surface area contributed by atoms with Crippen molar-refractivity contribution in [3.8, 4) is 0 Å². The molecule has 4 aliphatic rings. The van der Waals surface area contributed by atoms with Crippen LogP contribution in [0.2, 0.25) is 0 Å². The minimum atomic E-state index is -1.15. The molecule has 0 saturated carbocycles. The molecular formula is C22H34N6O6S. The van der Waals surface area contributed by atoms with Gasteiger partial charge in [-0.05, 0) is 20.4 Å². The summed E-state index contributed by atoms with van der Waals surface area (Å²) in [7, 11) is 1.66. The highest BCUT2D eigenvalue weighted by Crippen LogP contribution is 2.51. The maximum Gasteiger partial charge on any atom is 0.353 e. The highest BCUT2D eigenvalue weighted by Gasteiger charge is 2.60. The molecular weight excluding hydrogens is 476 g/mol. The number of β-amino-alcohol motifs (C(OH)–C–C–N with tert-alkyl or cyclic N) is 1. The van der Waals surface area contributed by atoms with E-state index in [-0.39, 0.29) is 53.7 Å². The highest BCUT2D eigenvalue weighted by molar-refractivity contribution is 8.03. The number of carbonyl (C=O) groups excluding carboxylic acids is 3. The van der Waals surface area contributed by atoms with Gasteiger partial charge in [-0.3, -0.25) is 14.4 Å².